The van der Waals surface area contributed by atoms with Gasteiger partial charge in [-0.2, -0.15) is 5.10 Å². The van der Waals surface area contributed by atoms with Crippen molar-refractivity contribution in [3.05, 3.63) is 50.3 Å². The molecule has 0 fully saturated rings. The maximum absolute atomic E-state index is 10.4. The lowest BCUT2D eigenvalue weighted by Gasteiger charge is -1.99. The molecule has 2 rings (SSSR count). The summed E-state index contributed by atoms with van der Waals surface area (Å²) in [7, 11) is 0. The molecule has 0 amide bonds. The number of nitrogens with zero attached hydrogens (tertiary/aromatic N) is 3. The third-order valence-electron chi connectivity index (χ3n) is 1.92. The quantitative estimate of drug-likeness (QED) is 0.404. The van der Waals surface area contributed by atoms with Crippen molar-refractivity contribution in [3.63, 3.8) is 0 Å². The molecule has 0 aliphatic carbocycles. The van der Waals surface area contributed by atoms with Gasteiger partial charge in [0, 0.05) is 11.1 Å². The van der Waals surface area contributed by atoms with E-state index in [-0.39, 0.29) is 16.8 Å². The van der Waals surface area contributed by atoms with Crippen molar-refractivity contribution in [2.45, 2.75) is 0 Å². The molecule has 0 aromatic carbocycles. The van der Waals surface area contributed by atoms with E-state index in [1.165, 1.54) is 30.5 Å². The molecule has 2 aromatic rings. The fourth-order valence-corrected chi connectivity index (χ4v) is 1.67. The van der Waals surface area contributed by atoms with Gasteiger partial charge in [-0.25, -0.2) is 4.98 Å². The number of hydrazone groups is 1. The zero-order valence-electron chi connectivity index (χ0n) is 9.21. The van der Waals surface area contributed by atoms with E-state index < -0.39 is 4.92 Å². The molecule has 0 saturated heterocycles. The maximum atomic E-state index is 10.4. The van der Waals surface area contributed by atoms with E-state index in [0.29, 0.717) is 10.8 Å². The summed E-state index contributed by atoms with van der Waals surface area (Å²) in [6.45, 7) is 0. The highest BCUT2D eigenvalue weighted by atomic mass is 35.5. The number of hydrogen-bond donors (Lipinski definition) is 1. The van der Waals surface area contributed by atoms with Gasteiger partial charge in [0.1, 0.15) is 15.9 Å². The molecule has 0 unspecified atom stereocenters. The molecule has 2 heterocycles. The number of anilines is 1. The summed E-state index contributed by atoms with van der Waals surface area (Å²) in [5, 5.41) is 14.8. The Bertz CT molecular complexity index is 621. The predicted octanol–water partition coefficient (Wildman–Crippen LogP) is 3.34. The number of furan rings is 1. The van der Waals surface area contributed by atoms with E-state index in [9.17, 15) is 10.1 Å². The van der Waals surface area contributed by atoms with Gasteiger partial charge < -0.3 is 4.42 Å². The van der Waals surface area contributed by atoms with Gasteiger partial charge in [-0.1, -0.05) is 23.2 Å². The lowest BCUT2D eigenvalue weighted by Crippen LogP contribution is -1.93. The largest absolute Gasteiger partial charge is 0.433 e. The van der Waals surface area contributed by atoms with E-state index in [1.807, 2.05) is 0 Å². The molecule has 0 bridgehead atoms. The van der Waals surface area contributed by atoms with Crippen molar-refractivity contribution in [2.24, 2.45) is 5.10 Å². The van der Waals surface area contributed by atoms with Crippen LogP contribution in [-0.2, 0) is 0 Å². The minimum Gasteiger partial charge on any atom is -0.400 e. The molecule has 2 aromatic heterocycles. The summed E-state index contributed by atoms with van der Waals surface area (Å²) in [4.78, 5) is 13.7. The van der Waals surface area contributed by atoms with E-state index in [0.717, 1.165) is 0 Å². The number of halogens is 2. The highest BCUT2D eigenvalue weighted by Gasteiger charge is 2.10. The average Bonchev–Trinajstić information content (AvgIpc) is 2.76. The summed E-state index contributed by atoms with van der Waals surface area (Å²) >= 11 is 11.5. The highest BCUT2D eigenvalue weighted by Crippen LogP contribution is 2.18. The minimum atomic E-state index is -0.636. The van der Waals surface area contributed by atoms with E-state index in [1.54, 1.807) is 0 Å². The fraction of sp³-hybridized carbons (Fsp3) is 0. The van der Waals surface area contributed by atoms with Gasteiger partial charge >= 0.3 is 5.88 Å². The molecule has 1 N–H and O–H groups in total. The maximum Gasteiger partial charge on any atom is 0.433 e. The SMILES string of the molecule is O=[N+]([O-])c1ccc(/C=N/Nc2cc(Cl)cc(Cl)n2)o1. The molecule has 0 saturated carbocycles. The van der Waals surface area contributed by atoms with Gasteiger partial charge in [0.05, 0.1) is 12.3 Å². The number of nitro groups is 1. The third kappa shape index (κ3) is 3.67. The van der Waals surface area contributed by atoms with E-state index >= 15 is 0 Å². The molecule has 0 atom stereocenters. The summed E-state index contributed by atoms with van der Waals surface area (Å²) in [5.74, 6) is 0.215. The Labute approximate surface area is 117 Å². The Hall–Kier alpha value is -2.12. The first-order valence-corrected chi connectivity index (χ1v) is 5.66. The third-order valence-corrected chi connectivity index (χ3v) is 2.33. The van der Waals surface area contributed by atoms with Gasteiger partial charge in [-0.15, -0.1) is 0 Å². The summed E-state index contributed by atoms with van der Waals surface area (Å²) < 4.78 is 4.87. The van der Waals surface area contributed by atoms with Crippen LogP contribution < -0.4 is 5.43 Å². The second kappa shape index (κ2) is 5.68. The van der Waals surface area contributed by atoms with E-state index in [2.05, 4.69) is 15.5 Å². The van der Waals surface area contributed by atoms with Gasteiger partial charge in [0.15, 0.2) is 5.76 Å². The lowest BCUT2D eigenvalue weighted by atomic mass is 10.5. The van der Waals surface area contributed by atoms with Crippen molar-refractivity contribution in [2.75, 3.05) is 5.43 Å². The topological polar surface area (TPSA) is 93.6 Å². The minimum absolute atomic E-state index is 0.221. The molecule has 9 heteroatoms. The number of hydrogen-bond acceptors (Lipinski definition) is 6. The Morgan fingerprint density at radius 3 is 2.84 bits per heavy atom. The smallest absolute Gasteiger partial charge is 0.400 e. The summed E-state index contributed by atoms with van der Waals surface area (Å²) in [6.07, 6.45) is 1.27. The van der Waals surface area contributed by atoms with Crippen LogP contribution in [0.25, 0.3) is 0 Å². The second-order valence-corrected chi connectivity index (χ2v) is 4.12. The van der Waals surface area contributed by atoms with Crippen molar-refractivity contribution >= 4 is 41.1 Å². The monoisotopic (exact) mass is 300 g/mol. The van der Waals surface area contributed by atoms with Crippen LogP contribution in [0, 0.1) is 10.1 Å². The molecule has 0 spiro atoms. The van der Waals surface area contributed by atoms with Crippen LogP contribution in [-0.4, -0.2) is 16.1 Å². The van der Waals surface area contributed by atoms with Crippen molar-refractivity contribution < 1.29 is 9.34 Å². The normalized spacial score (nSPS) is 10.8. The van der Waals surface area contributed by atoms with Crippen molar-refractivity contribution in [1.29, 1.82) is 0 Å². The van der Waals surface area contributed by atoms with Crippen molar-refractivity contribution in [1.82, 2.24) is 4.98 Å². The molecule has 0 aliphatic rings. The first-order chi connectivity index (χ1) is 9.04. The number of aromatic nitrogens is 1. The number of nitrogens with one attached hydrogen (secondary N) is 1. The van der Waals surface area contributed by atoms with Gasteiger partial charge in [0.2, 0.25) is 0 Å². The van der Waals surface area contributed by atoms with Gasteiger partial charge in [-0.05, 0) is 12.1 Å². The summed E-state index contributed by atoms with van der Waals surface area (Å²) in [6, 6.07) is 5.65. The molecule has 98 valence electrons. The molecule has 19 heavy (non-hydrogen) atoms. The highest BCUT2D eigenvalue weighted by molar-refractivity contribution is 6.34. The zero-order chi connectivity index (χ0) is 13.8. The summed E-state index contributed by atoms with van der Waals surface area (Å²) in [5.41, 5.74) is 2.57. The van der Waals surface area contributed by atoms with Gasteiger partial charge in [0.25, 0.3) is 0 Å². The van der Waals surface area contributed by atoms with Crippen LogP contribution in [0.15, 0.2) is 33.8 Å². The first-order valence-electron chi connectivity index (χ1n) is 4.91. The first kappa shape index (κ1) is 13.3. The van der Waals surface area contributed by atoms with Crippen LogP contribution in [0.5, 0.6) is 0 Å². The zero-order valence-corrected chi connectivity index (χ0v) is 10.7. The van der Waals surface area contributed by atoms with Crippen LogP contribution in [0.2, 0.25) is 10.2 Å². The predicted molar refractivity (Wildman–Crippen MR) is 70.8 cm³/mol. The fourth-order valence-electron chi connectivity index (χ4n) is 1.19. The van der Waals surface area contributed by atoms with E-state index in [4.69, 9.17) is 27.6 Å². The number of pyridine rings is 1. The molecule has 0 aliphatic heterocycles. The van der Waals surface area contributed by atoms with Gasteiger partial charge in [-0.3, -0.25) is 15.5 Å². The van der Waals surface area contributed by atoms with Crippen LogP contribution in [0.1, 0.15) is 5.76 Å². The average molecular weight is 301 g/mol. The van der Waals surface area contributed by atoms with Crippen LogP contribution >= 0.6 is 23.2 Å². The van der Waals surface area contributed by atoms with Crippen LogP contribution in [0.3, 0.4) is 0 Å². The van der Waals surface area contributed by atoms with Crippen LogP contribution in [0.4, 0.5) is 11.7 Å². The lowest BCUT2D eigenvalue weighted by molar-refractivity contribution is -0.402. The van der Waals surface area contributed by atoms with Crippen molar-refractivity contribution in [3.8, 4) is 0 Å². The molecule has 0 radical (unpaired) electrons. The molecular weight excluding hydrogens is 295 g/mol. The molecule has 7 nitrogen and oxygen atoms in total. The standard InChI is InChI=1S/C10H6Cl2N4O3/c11-6-3-8(12)14-9(4-6)15-13-5-7-1-2-10(19-7)16(17)18/h1-5H,(H,14,15)/b13-5+. The molecular formula is C10H6Cl2N4O3. The Morgan fingerprint density at radius 2 is 2.21 bits per heavy atom. The second-order valence-electron chi connectivity index (χ2n) is 3.30. The Balaban J connectivity index is 2.04. The Morgan fingerprint density at radius 1 is 1.42 bits per heavy atom. The number of rotatable bonds is 4. The Kier molecular flexibility index (Phi) is 3.98.